The van der Waals surface area contributed by atoms with E-state index in [-0.39, 0.29) is 18.3 Å². The lowest BCUT2D eigenvalue weighted by molar-refractivity contribution is 0.0952. The minimum absolute atomic E-state index is 0. The molecule has 0 aliphatic carbocycles. The van der Waals surface area contributed by atoms with Gasteiger partial charge in [0.2, 0.25) is 0 Å². The normalized spacial score (nSPS) is 12.5. The topological polar surface area (TPSA) is 73.6 Å². The van der Waals surface area contributed by atoms with Crippen LogP contribution in [0.1, 0.15) is 16.8 Å². The molecule has 0 unspecified atom stereocenters. The Balaban J connectivity index is 0.00000162. The zero-order valence-electron chi connectivity index (χ0n) is 9.98. The molecule has 0 fully saturated rings. The van der Waals surface area contributed by atoms with Gasteiger partial charge in [-0.2, -0.15) is 0 Å². The number of ether oxygens (including phenoxy) is 2. The number of hydrogen-bond donors (Lipinski definition) is 2. The first-order valence-electron chi connectivity index (χ1n) is 5.69. The molecule has 0 saturated carbocycles. The van der Waals surface area contributed by atoms with Gasteiger partial charge in [-0.1, -0.05) is 0 Å². The summed E-state index contributed by atoms with van der Waals surface area (Å²) in [5.41, 5.74) is 5.93. The number of amides is 1. The Morgan fingerprint density at radius 1 is 1.28 bits per heavy atom. The number of nitrogens with two attached hydrogens (primary N) is 1. The summed E-state index contributed by atoms with van der Waals surface area (Å²) >= 11 is 0. The van der Waals surface area contributed by atoms with Crippen LogP contribution in [-0.2, 0) is 0 Å². The predicted octanol–water partition coefficient (Wildman–Crippen LogP) is 0.958. The molecule has 1 aromatic rings. The molecule has 1 aliphatic heterocycles. The summed E-state index contributed by atoms with van der Waals surface area (Å²) in [4.78, 5) is 11.8. The number of carbonyl (C=O) groups is 1. The van der Waals surface area contributed by atoms with E-state index >= 15 is 0 Å². The van der Waals surface area contributed by atoms with Crippen molar-refractivity contribution in [1.29, 1.82) is 0 Å². The minimum atomic E-state index is -0.115. The Hall–Kier alpha value is -1.46. The lowest BCUT2D eigenvalue weighted by Crippen LogP contribution is -2.26. The molecule has 0 spiro atoms. The van der Waals surface area contributed by atoms with Crippen molar-refractivity contribution in [3.63, 3.8) is 0 Å². The van der Waals surface area contributed by atoms with Crippen LogP contribution in [-0.4, -0.2) is 32.2 Å². The Bertz CT molecular complexity index is 412. The predicted molar refractivity (Wildman–Crippen MR) is 70.7 cm³/mol. The number of carbonyl (C=O) groups excluding carboxylic acids is 1. The van der Waals surface area contributed by atoms with E-state index in [4.69, 9.17) is 15.2 Å². The van der Waals surface area contributed by atoms with E-state index in [0.29, 0.717) is 43.4 Å². The van der Waals surface area contributed by atoms with E-state index in [2.05, 4.69) is 5.32 Å². The fraction of sp³-hybridized carbons (Fsp3) is 0.417. The van der Waals surface area contributed by atoms with E-state index < -0.39 is 0 Å². The molecule has 100 valence electrons. The Morgan fingerprint density at radius 2 is 2.00 bits per heavy atom. The van der Waals surface area contributed by atoms with E-state index in [1.165, 1.54) is 0 Å². The average molecular weight is 273 g/mol. The number of nitrogens with one attached hydrogen (secondary N) is 1. The molecule has 3 N–H and O–H groups in total. The van der Waals surface area contributed by atoms with Crippen LogP contribution in [0, 0.1) is 0 Å². The van der Waals surface area contributed by atoms with Crippen molar-refractivity contribution in [2.75, 3.05) is 26.3 Å². The summed E-state index contributed by atoms with van der Waals surface area (Å²) in [6.45, 7) is 2.23. The van der Waals surface area contributed by atoms with Crippen molar-refractivity contribution in [3.05, 3.63) is 23.8 Å². The number of benzene rings is 1. The number of halogens is 1. The first-order valence-corrected chi connectivity index (χ1v) is 5.69. The highest BCUT2D eigenvalue weighted by Gasteiger charge is 2.14. The van der Waals surface area contributed by atoms with Gasteiger partial charge in [0.1, 0.15) is 13.2 Å². The van der Waals surface area contributed by atoms with Crippen LogP contribution in [0.4, 0.5) is 0 Å². The van der Waals surface area contributed by atoms with Crippen molar-refractivity contribution in [3.8, 4) is 11.5 Å². The molecular formula is C12H17ClN2O3. The number of hydrogen-bond acceptors (Lipinski definition) is 4. The largest absolute Gasteiger partial charge is 0.486 e. The molecule has 0 aromatic heterocycles. The summed E-state index contributed by atoms with van der Waals surface area (Å²) in [7, 11) is 0. The second kappa shape index (κ2) is 7.08. The van der Waals surface area contributed by atoms with E-state index in [1.54, 1.807) is 18.2 Å². The maximum Gasteiger partial charge on any atom is 0.251 e. The molecule has 0 atom stereocenters. The minimum Gasteiger partial charge on any atom is -0.486 e. The molecule has 0 radical (unpaired) electrons. The van der Waals surface area contributed by atoms with Gasteiger partial charge in [0.25, 0.3) is 5.91 Å². The van der Waals surface area contributed by atoms with Crippen molar-refractivity contribution in [2.45, 2.75) is 6.42 Å². The van der Waals surface area contributed by atoms with Crippen molar-refractivity contribution in [1.82, 2.24) is 5.32 Å². The van der Waals surface area contributed by atoms with Crippen LogP contribution < -0.4 is 20.5 Å². The molecule has 1 amide bonds. The van der Waals surface area contributed by atoms with Gasteiger partial charge in [0, 0.05) is 12.1 Å². The maximum atomic E-state index is 11.8. The van der Waals surface area contributed by atoms with Crippen LogP contribution >= 0.6 is 12.4 Å². The van der Waals surface area contributed by atoms with E-state index in [1.807, 2.05) is 0 Å². The molecule has 1 aliphatic rings. The molecule has 1 aromatic carbocycles. The third-order valence-electron chi connectivity index (χ3n) is 2.47. The van der Waals surface area contributed by atoms with Gasteiger partial charge in [-0.25, -0.2) is 0 Å². The Kier molecular flexibility index (Phi) is 5.74. The lowest BCUT2D eigenvalue weighted by Gasteiger charge is -2.18. The molecule has 5 nitrogen and oxygen atoms in total. The standard InChI is InChI=1S/C12H16N2O3.ClH/c13-4-1-5-14-12(15)9-2-3-10-11(8-9)17-7-6-16-10;/h2-3,8H,1,4-7,13H2,(H,14,15);1H. The van der Waals surface area contributed by atoms with Gasteiger partial charge in [0.15, 0.2) is 11.5 Å². The smallest absolute Gasteiger partial charge is 0.251 e. The molecule has 2 rings (SSSR count). The van der Waals surface area contributed by atoms with Gasteiger partial charge >= 0.3 is 0 Å². The van der Waals surface area contributed by atoms with Gasteiger partial charge in [-0.3, -0.25) is 4.79 Å². The zero-order valence-corrected chi connectivity index (χ0v) is 10.8. The second-order valence-corrected chi connectivity index (χ2v) is 3.76. The van der Waals surface area contributed by atoms with Gasteiger partial charge in [0.05, 0.1) is 0 Å². The summed E-state index contributed by atoms with van der Waals surface area (Å²) in [6.07, 6.45) is 0.774. The molecule has 0 saturated heterocycles. The number of rotatable bonds is 4. The third-order valence-corrected chi connectivity index (χ3v) is 2.47. The summed E-state index contributed by atoms with van der Waals surface area (Å²) in [5, 5.41) is 2.79. The maximum absolute atomic E-state index is 11.8. The fourth-order valence-corrected chi connectivity index (χ4v) is 1.59. The third kappa shape index (κ3) is 3.51. The highest BCUT2D eigenvalue weighted by Crippen LogP contribution is 2.30. The van der Waals surface area contributed by atoms with Crippen LogP contribution in [0.3, 0.4) is 0 Å². The SMILES string of the molecule is Cl.NCCCNC(=O)c1ccc2c(c1)OCCO2. The quantitative estimate of drug-likeness (QED) is 0.801. The van der Waals surface area contributed by atoms with Crippen LogP contribution in [0.25, 0.3) is 0 Å². The van der Waals surface area contributed by atoms with Crippen LogP contribution in [0.15, 0.2) is 18.2 Å². The zero-order chi connectivity index (χ0) is 12.1. The Morgan fingerprint density at radius 3 is 2.72 bits per heavy atom. The number of fused-ring (bicyclic) bond motifs is 1. The van der Waals surface area contributed by atoms with Gasteiger partial charge in [-0.05, 0) is 31.2 Å². The first-order chi connectivity index (χ1) is 8.31. The second-order valence-electron chi connectivity index (χ2n) is 3.76. The van der Waals surface area contributed by atoms with Crippen LogP contribution in [0.5, 0.6) is 11.5 Å². The molecule has 6 heteroatoms. The van der Waals surface area contributed by atoms with Gasteiger partial charge < -0.3 is 20.5 Å². The summed E-state index contributed by atoms with van der Waals surface area (Å²) in [6, 6.07) is 5.18. The fourth-order valence-electron chi connectivity index (χ4n) is 1.59. The first kappa shape index (κ1) is 14.6. The molecule has 1 heterocycles. The van der Waals surface area contributed by atoms with E-state index in [9.17, 15) is 4.79 Å². The lowest BCUT2D eigenvalue weighted by atomic mass is 10.2. The highest BCUT2D eigenvalue weighted by molar-refractivity contribution is 5.94. The van der Waals surface area contributed by atoms with E-state index in [0.717, 1.165) is 6.42 Å². The average Bonchev–Trinajstić information content (AvgIpc) is 2.38. The molecule has 0 bridgehead atoms. The molecule has 18 heavy (non-hydrogen) atoms. The summed E-state index contributed by atoms with van der Waals surface area (Å²) in [5.74, 6) is 1.20. The monoisotopic (exact) mass is 272 g/mol. The van der Waals surface area contributed by atoms with Crippen molar-refractivity contribution < 1.29 is 14.3 Å². The van der Waals surface area contributed by atoms with Crippen LogP contribution in [0.2, 0.25) is 0 Å². The highest BCUT2D eigenvalue weighted by atomic mass is 35.5. The Labute approximate surface area is 112 Å². The van der Waals surface area contributed by atoms with Gasteiger partial charge in [-0.15, -0.1) is 12.4 Å². The summed E-state index contributed by atoms with van der Waals surface area (Å²) < 4.78 is 10.8. The molecular weight excluding hydrogens is 256 g/mol. The van der Waals surface area contributed by atoms with Crippen molar-refractivity contribution in [2.24, 2.45) is 5.73 Å². The van der Waals surface area contributed by atoms with Crippen molar-refractivity contribution >= 4 is 18.3 Å².